The molecule has 0 bridgehead atoms. The minimum Gasteiger partial charge on any atom is -0.335 e. The number of hydrogen-bond donors (Lipinski definition) is 0. The molecule has 0 aliphatic carbocycles. The van der Waals surface area contributed by atoms with Gasteiger partial charge in [0.05, 0.1) is 5.52 Å². The summed E-state index contributed by atoms with van der Waals surface area (Å²) in [6.45, 7) is 1.67. The summed E-state index contributed by atoms with van der Waals surface area (Å²) in [5.41, 5.74) is 1.51. The smallest absolute Gasteiger partial charge is 0.272 e. The summed E-state index contributed by atoms with van der Waals surface area (Å²) in [6.07, 6.45) is 0. The topological polar surface area (TPSA) is 53.5 Å². The number of hydrogen-bond acceptors (Lipinski definition) is 3. The van der Waals surface area contributed by atoms with Gasteiger partial charge < -0.3 is 9.80 Å². The van der Waals surface area contributed by atoms with Gasteiger partial charge in [-0.1, -0.05) is 30.3 Å². The normalized spacial score (nSPS) is 14.4. The van der Waals surface area contributed by atoms with E-state index in [9.17, 15) is 14.0 Å². The summed E-state index contributed by atoms with van der Waals surface area (Å²) < 4.78 is 13.3. The molecule has 2 aromatic carbocycles. The number of piperazine rings is 1. The highest BCUT2D eigenvalue weighted by Crippen LogP contribution is 2.15. The second-order valence-corrected chi connectivity index (χ2v) is 6.48. The summed E-state index contributed by atoms with van der Waals surface area (Å²) in [5.74, 6) is -0.791. The van der Waals surface area contributed by atoms with Crippen molar-refractivity contribution >= 4 is 22.7 Å². The molecule has 2 heterocycles. The molecule has 1 aliphatic rings. The van der Waals surface area contributed by atoms with Crippen molar-refractivity contribution in [3.63, 3.8) is 0 Å². The second kappa shape index (κ2) is 7.15. The van der Waals surface area contributed by atoms with Crippen molar-refractivity contribution in [1.29, 1.82) is 0 Å². The fraction of sp³-hybridized carbons (Fsp3) is 0.190. The number of carbonyl (C=O) groups is 2. The fourth-order valence-electron chi connectivity index (χ4n) is 3.26. The minimum atomic E-state index is -0.433. The Hall–Kier alpha value is -3.28. The van der Waals surface area contributed by atoms with Crippen molar-refractivity contribution in [2.24, 2.45) is 0 Å². The number of pyridine rings is 1. The molecule has 0 spiro atoms. The van der Waals surface area contributed by atoms with E-state index < -0.39 is 5.82 Å². The molecule has 1 saturated heterocycles. The molecule has 3 aromatic rings. The summed E-state index contributed by atoms with van der Waals surface area (Å²) >= 11 is 0. The summed E-state index contributed by atoms with van der Waals surface area (Å²) in [6, 6.07) is 16.9. The van der Waals surface area contributed by atoms with Crippen LogP contribution in [0.4, 0.5) is 4.39 Å². The van der Waals surface area contributed by atoms with E-state index in [1.54, 1.807) is 21.9 Å². The molecular weight excluding hydrogens is 345 g/mol. The maximum Gasteiger partial charge on any atom is 0.272 e. The zero-order chi connectivity index (χ0) is 18.8. The van der Waals surface area contributed by atoms with Crippen molar-refractivity contribution in [2.45, 2.75) is 0 Å². The third kappa shape index (κ3) is 3.51. The quantitative estimate of drug-likeness (QED) is 0.703. The number of aromatic nitrogens is 1. The van der Waals surface area contributed by atoms with E-state index in [-0.39, 0.29) is 11.8 Å². The number of amides is 2. The number of rotatable bonds is 2. The zero-order valence-corrected chi connectivity index (χ0v) is 14.6. The van der Waals surface area contributed by atoms with Gasteiger partial charge in [0.15, 0.2) is 0 Å². The second-order valence-electron chi connectivity index (χ2n) is 6.48. The molecule has 0 unspecified atom stereocenters. The van der Waals surface area contributed by atoms with Crippen LogP contribution in [0.1, 0.15) is 20.8 Å². The van der Waals surface area contributed by atoms with E-state index in [2.05, 4.69) is 4.98 Å². The predicted molar refractivity (Wildman–Crippen MR) is 100.0 cm³/mol. The Labute approximate surface area is 156 Å². The van der Waals surface area contributed by atoms with E-state index in [0.29, 0.717) is 37.4 Å². The molecule has 27 heavy (non-hydrogen) atoms. The molecule has 0 atom stereocenters. The first kappa shape index (κ1) is 17.1. The van der Waals surface area contributed by atoms with Gasteiger partial charge in [-0.3, -0.25) is 9.59 Å². The van der Waals surface area contributed by atoms with Gasteiger partial charge in [0, 0.05) is 37.1 Å². The van der Waals surface area contributed by atoms with Gasteiger partial charge in [0.25, 0.3) is 11.8 Å². The van der Waals surface area contributed by atoms with Crippen LogP contribution in [-0.4, -0.2) is 52.8 Å². The van der Waals surface area contributed by atoms with Crippen LogP contribution < -0.4 is 0 Å². The van der Waals surface area contributed by atoms with Crippen molar-refractivity contribution in [3.8, 4) is 0 Å². The lowest BCUT2D eigenvalue weighted by Crippen LogP contribution is -2.50. The Balaban J connectivity index is 1.43. The molecule has 0 saturated carbocycles. The summed E-state index contributed by atoms with van der Waals surface area (Å²) in [4.78, 5) is 33.0. The van der Waals surface area contributed by atoms with Gasteiger partial charge in [-0.2, -0.15) is 0 Å². The third-order valence-corrected chi connectivity index (χ3v) is 4.74. The molecule has 1 fully saturated rings. The SMILES string of the molecule is O=C(c1cccc(F)c1)N1CCN(C(=O)c2ccc3ccccc3n2)CC1. The largest absolute Gasteiger partial charge is 0.335 e. The molecule has 136 valence electrons. The van der Waals surface area contributed by atoms with E-state index in [1.165, 1.54) is 18.2 Å². The lowest BCUT2D eigenvalue weighted by atomic mass is 10.1. The minimum absolute atomic E-state index is 0.140. The summed E-state index contributed by atoms with van der Waals surface area (Å²) in [5, 5.41) is 0.986. The fourth-order valence-corrected chi connectivity index (χ4v) is 3.26. The highest BCUT2D eigenvalue weighted by Gasteiger charge is 2.26. The molecule has 2 amide bonds. The van der Waals surface area contributed by atoms with Gasteiger partial charge in [-0.25, -0.2) is 9.37 Å². The molecule has 5 nitrogen and oxygen atoms in total. The van der Waals surface area contributed by atoms with Crippen LogP contribution >= 0.6 is 0 Å². The first-order valence-corrected chi connectivity index (χ1v) is 8.82. The first-order valence-electron chi connectivity index (χ1n) is 8.82. The summed E-state index contributed by atoms with van der Waals surface area (Å²) in [7, 11) is 0. The van der Waals surface area contributed by atoms with Gasteiger partial charge in [-0.05, 0) is 30.3 Å². The third-order valence-electron chi connectivity index (χ3n) is 4.74. The van der Waals surface area contributed by atoms with Crippen molar-refractivity contribution in [3.05, 3.63) is 77.7 Å². The van der Waals surface area contributed by atoms with Gasteiger partial charge in [0.2, 0.25) is 0 Å². The lowest BCUT2D eigenvalue weighted by molar-refractivity contribution is 0.0532. The Bertz CT molecular complexity index is 1010. The van der Waals surface area contributed by atoms with E-state index in [4.69, 9.17) is 0 Å². The standard InChI is InChI=1S/C21H18FN3O2/c22-17-6-3-5-16(14-17)20(26)24-10-12-25(13-11-24)21(27)19-9-8-15-4-1-2-7-18(15)23-19/h1-9,14H,10-13H2. The molecule has 0 radical (unpaired) electrons. The van der Waals surface area contributed by atoms with Crippen LogP contribution in [0.25, 0.3) is 10.9 Å². The number of carbonyl (C=O) groups excluding carboxylic acids is 2. The molecular formula is C21H18FN3O2. The average molecular weight is 363 g/mol. The number of benzene rings is 2. The molecule has 6 heteroatoms. The monoisotopic (exact) mass is 363 g/mol. The van der Waals surface area contributed by atoms with E-state index in [1.807, 2.05) is 30.3 Å². The van der Waals surface area contributed by atoms with Crippen molar-refractivity contribution < 1.29 is 14.0 Å². The van der Waals surface area contributed by atoms with Crippen LogP contribution in [0, 0.1) is 5.82 Å². The Morgan fingerprint density at radius 1 is 0.815 bits per heavy atom. The van der Waals surface area contributed by atoms with Crippen LogP contribution in [0.3, 0.4) is 0 Å². The number of halogens is 1. The highest BCUT2D eigenvalue weighted by molar-refractivity contribution is 5.96. The van der Waals surface area contributed by atoms with Crippen LogP contribution in [-0.2, 0) is 0 Å². The van der Waals surface area contributed by atoms with Crippen molar-refractivity contribution in [1.82, 2.24) is 14.8 Å². The predicted octanol–water partition coefficient (Wildman–Crippen LogP) is 2.97. The van der Waals surface area contributed by atoms with Gasteiger partial charge in [-0.15, -0.1) is 0 Å². The molecule has 4 rings (SSSR count). The number of para-hydroxylation sites is 1. The van der Waals surface area contributed by atoms with E-state index >= 15 is 0 Å². The van der Waals surface area contributed by atoms with Crippen LogP contribution in [0.5, 0.6) is 0 Å². The zero-order valence-electron chi connectivity index (χ0n) is 14.6. The average Bonchev–Trinajstić information content (AvgIpc) is 2.72. The highest BCUT2D eigenvalue weighted by atomic mass is 19.1. The maximum absolute atomic E-state index is 13.3. The lowest BCUT2D eigenvalue weighted by Gasteiger charge is -2.34. The van der Waals surface area contributed by atoms with Crippen LogP contribution in [0.15, 0.2) is 60.7 Å². The van der Waals surface area contributed by atoms with Crippen LogP contribution in [0.2, 0.25) is 0 Å². The van der Waals surface area contributed by atoms with Gasteiger partial charge >= 0.3 is 0 Å². The van der Waals surface area contributed by atoms with E-state index in [0.717, 1.165) is 10.9 Å². The molecule has 1 aliphatic heterocycles. The first-order chi connectivity index (χ1) is 13.1. The Morgan fingerprint density at radius 2 is 1.52 bits per heavy atom. The molecule has 0 N–H and O–H groups in total. The molecule has 1 aromatic heterocycles. The number of fused-ring (bicyclic) bond motifs is 1. The van der Waals surface area contributed by atoms with Crippen molar-refractivity contribution in [2.75, 3.05) is 26.2 Å². The Kier molecular flexibility index (Phi) is 4.54. The maximum atomic E-state index is 13.3. The van der Waals surface area contributed by atoms with Gasteiger partial charge in [0.1, 0.15) is 11.5 Å². The Morgan fingerprint density at radius 3 is 2.26 bits per heavy atom. The number of nitrogens with zero attached hydrogens (tertiary/aromatic N) is 3.